The number of benzene rings is 1. The van der Waals surface area contributed by atoms with Gasteiger partial charge in [0, 0.05) is 16.7 Å². The molecule has 2 rings (SSSR count). The summed E-state index contributed by atoms with van der Waals surface area (Å²) in [7, 11) is 1.25. The first-order valence-corrected chi connectivity index (χ1v) is 9.45. The van der Waals surface area contributed by atoms with Crippen molar-refractivity contribution in [3.63, 3.8) is 0 Å². The summed E-state index contributed by atoms with van der Waals surface area (Å²) in [6.45, 7) is 4.40. The summed E-state index contributed by atoms with van der Waals surface area (Å²) in [5.74, 6) is -3.91. The van der Waals surface area contributed by atoms with Crippen LogP contribution in [-0.4, -0.2) is 56.8 Å². The SMILES string of the molecule is CCOC(=O)C(C1=NCCOC1)C(c1ccccc1Cl)C(C(C)=N)C(=O)OC. The number of methoxy groups -OCH3 is 1. The van der Waals surface area contributed by atoms with Gasteiger partial charge in [0.2, 0.25) is 0 Å². The highest BCUT2D eigenvalue weighted by Crippen LogP contribution is 2.39. The Kier molecular flexibility index (Phi) is 8.14. The quantitative estimate of drug-likeness (QED) is 0.526. The Bertz CT molecular complexity index is 765. The zero-order chi connectivity index (χ0) is 20.7. The van der Waals surface area contributed by atoms with Crippen LogP contribution in [0.2, 0.25) is 5.02 Å². The Balaban J connectivity index is 2.69. The van der Waals surface area contributed by atoms with Gasteiger partial charge in [-0.2, -0.15) is 0 Å². The molecule has 3 atom stereocenters. The van der Waals surface area contributed by atoms with E-state index in [9.17, 15) is 9.59 Å². The third-order valence-electron chi connectivity index (χ3n) is 4.60. The monoisotopic (exact) mass is 408 g/mol. The highest BCUT2D eigenvalue weighted by Gasteiger charge is 2.45. The summed E-state index contributed by atoms with van der Waals surface area (Å²) in [6.07, 6.45) is 0. The third kappa shape index (κ3) is 4.97. The second-order valence-corrected chi connectivity index (χ2v) is 6.79. The molecule has 3 unspecified atom stereocenters. The van der Waals surface area contributed by atoms with E-state index in [2.05, 4.69) is 4.99 Å². The van der Waals surface area contributed by atoms with Gasteiger partial charge in [0.15, 0.2) is 0 Å². The average Bonchev–Trinajstić information content (AvgIpc) is 2.68. The van der Waals surface area contributed by atoms with E-state index < -0.39 is 29.7 Å². The van der Waals surface area contributed by atoms with E-state index in [4.69, 9.17) is 31.2 Å². The predicted molar refractivity (Wildman–Crippen MR) is 106 cm³/mol. The molecular weight excluding hydrogens is 384 g/mol. The summed E-state index contributed by atoms with van der Waals surface area (Å²) in [5.41, 5.74) is 1.09. The minimum Gasteiger partial charge on any atom is -0.468 e. The molecule has 1 aromatic rings. The minimum atomic E-state index is -1.02. The maximum Gasteiger partial charge on any atom is 0.315 e. The molecule has 1 aliphatic heterocycles. The van der Waals surface area contributed by atoms with Crippen molar-refractivity contribution < 1.29 is 23.8 Å². The molecule has 0 aliphatic carbocycles. The third-order valence-corrected chi connectivity index (χ3v) is 4.95. The molecule has 28 heavy (non-hydrogen) atoms. The van der Waals surface area contributed by atoms with Crippen molar-refractivity contribution in [3.05, 3.63) is 34.9 Å². The summed E-state index contributed by atoms with van der Waals surface area (Å²) in [5, 5.41) is 8.60. The second-order valence-electron chi connectivity index (χ2n) is 6.39. The minimum absolute atomic E-state index is 0.0587. The number of carbonyl (C=O) groups is 2. The van der Waals surface area contributed by atoms with E-state index in [1.54, 1.807) is 31.2 Å². The number of nitrogens with one attached hydrogen (secondary N) is 1. The molecule has 1 N–H and O–H groups in total. The van der Waals surface area contributed by atoms with Crippen molar-refractivity contribution in [2.24, 2.45) is 16.8 Å². The highest BCUT2D eigenvalue weighted by molar-refractivity contribution is 6.31. The lowest BCUT2D eigenvalue weighted by molar-refractivity contribution is -0.148. The summed E-state index contributed by atoms with van der Waals surface area (Å²) >= 11 is 6.43. The summed E-state index contributed by atoms with van der Waals surface area (Å²) in [6, 6.07) is 6.94. The van der Waals surface area contributed by atoms with Crippen molar-refractivity contribution in [2.45, 2.75) is 19.8 Å². The Hall–Kier alpha value is -2.25. The molecule has 152 valence electrons. The van der Waals surface area contributed by atoms with Crippen LogP contribution in [0.25, 0.3) is 0 Å². The first-order valence-electron chi connectivity index (χ1n) is 9.07. The van der Waals surface area contributed by atoms with Crippen LogP contribution < -0.4 is 0 Å². The fourth-order valence-electron chi connectivity index (χ4n) is 3.40. The maximum atomic E-state index is 13.0. The Morgan fingerprint density at radius 2 is 2.04 bits per heavy atom. The van der Waals surface area contributed by atoms with Gasteiger partial charge in [-0.15, -0.1) is 0 Å². The summed E-state index contributed by atoms with van der Waals surface area (Å²) in [4.78, 5) is 30.1. The number of hydrogen-bond acceptors (Lipinski definition) is 7. The number of ether oxygens (including phenoxy) is 3. The van der Waals surface area contributed by atoms with Gasteiger partial charge in [0.1, 0.15) is 11.8 Å². The van der Waals surface area contributed by atoms with E-state index in [1.165, 1.54) is 14.0 Å². The fraction of sp³-hybridized carbons (Fsp3) is 0.500. The van der Waals surface area contributed by atoms with Gasteiger partial charge in [0.05, 0.1) is 39.2 Å². The van der Waals surface area contributed by atoms with Crippen LogP contribution >= 0.6 is 11.6 Å². The molecular formula is C20H25ClN2O5. The Labute approximate surface area is 169 Å². The van der Waals surface area contributed by atoms with E-state index in [-0.39, 0.29) is 18.9 Å². The van der Waals surface area contributed by atoms with E-state index in [0.717, 1.165) is 0 Å². The van der Waals surface area contributed by atoms with Crippen molar-refractivity contribution in [3.8, 4) is 0 Å². The number of aliphatic imine (C=N–C) groups is 1. The lowest BCUT2D eigenvalue weighted by Gasteiger charge is -2.33. The molecule has 0 spiro atoms. The van der Waals surface area contributed by atoms with Crippen molar-refractivity contribution in [1.82, 2.24) is 0 Å². The van der Waals surface area contributed by atoms with Crippen molar-refractivity contribution >= 4 is 35.0 Å². The number of nitrogens with zero attached hydrogens (tertiary/aromatic N) is 1. The molecule has 0 fully saturated rings. The van der Waals surface area contributed by atoms with Crippen LogP contribution in [0.15, 0.2) is 29.3 Å². The Morgan fingerprint density at radius 1 is 1.32 bits per heavy atom. The second kappa shape index (κ2) is 10.3. The number of esters is 2. The number of halogens is 1. The first-order chi connectivity index (χ1) is 13.4. The number of carbonyl (C=O) groups excluding carboxylic acids is 2. The van der Waals surface area contributed by atoms with Crippen LogP contribution in [-0.2, 0) is 23.8 Å². The molecule has 0 radical (unpaired) electrons. The van der Waals surface area contributed by atoms with Crippen molar-refractivity contribution in [2.75, 3.05) is 33.5 Å². The van der Waals surface area contributed by atoms with Gasteiger partial charge < -0.3 is 19.6 Å². The molecule has 0 saturated heterocycles. The molecule has 1 heterocycles. The highest BCUT2D eigenvalue weighted by atomic mass is 35.5. The van der Waals surface area contributed by atoms with Gasteiger partial charge in [-0.3, -0.25) is 14.6 Å². The first kappa shape index (κ1) is 22.0. The van der Waals surface area contributed by atoms with Gasteiger partial charge >= 0.3 is 11.9 Å². The van der Waals surface area contributed by atoms with Crippen LogP contribution in [0.3, 0.4) is 0 Å². The molecule has 0 bridgehead atoms. The molecule has 1 aliphatic rings. The molecule has 1 aromatic carbocycles. The van der Waals surface area contributed by atoms with Gasteiger partial charge in [-0.25, -0.2) is 0 Å². The fourth-order valence-corrected chi connectivity index (χ4v) is 3.66. The van der Waals surface area contributed by atoms with Crippen LogP contribution in [0, 0.1) is 17.2 Å². The van der Waals surface area contributed by atoms with Crippen LogP contribution in [0.4, 0.5) is 0 Å². The normalized spacial score (nSPS) is 17.1. The maximum absolute atomic E-state index is 13.0. The number of hydrogen-bond donors (Lipinski definition) is 1. The molecule has 0 amide bonds. The molecule has 0 saturated carbocycles. The van der Waals surface area contributed by atoms with Crippen molar-refractivity contribution in [1.29, 1.82) is 5.41 Å². The van der Waals surface area contributed by atoms with Crippen LogP contribution in [0.1, 0.15) is 25.3 Å². The standard InChI is InChI=1S/C20H25ClN2O5/c1-4-28-20(25)18(15-11-27-10-9-23-15)17(13-7-5-6-8-14(13)21)16(12(2)22)19(24)26-3/h5-8,16-18,22H,4,9-11H2,1-3H3. The molecule has 7 nitrogen and oxygen atoms in total. The molecule has 8 heteroatoms. The predicted octanol–water partition coefficient (Wildman–Crippen LogP) is 2.90. The van der Waals surface area contributed by atoms with E-state index in [1.807, 2.05) is 0 Å². The largest absolute Gasteiger partial charge is 0.468 e. The Morgan fingerprint density at radius 3 is 2.57 bits per heavy atom. The summed E-state index contributed by atoms with van der Waals surface area (Å²) < 4.78 is 15.7. The lowest BCUT2D eigenvalue weighted by atomic mass is 9.72. The van der Waals surface area contributed by atoms with Gasteiger partial charge in [0.25, 0.3) is 0 Å². The topological polar surface area (TPSA) is 98.0 Å². The van der Waals surface area contributed by atoms with E-state index >= 15 is 0 Å². The zero-order valence-electron chi connectivity index (χ0n) is 16.2. The lowest BCUT2D eigenvalue weighted by Crippen LogP contribution is -2.43. The molecule has 0 aromatic heterocycles. The van der Waals surface area contributed by atoms with Crippen LogP contribution in [0.5, 0.6) is 0 Å². The smallest absolute Gasteiger partial charge is 0.315 e. The van der Waals surface area contributed by atoms with Gasteiger partial charge in [-0.05, 0) is 25.5 Å². The number of rotatable bonds is 8. The van der Waals surface area contributed by atoms with Gasteiger partial charge in [-0.1, -0.05) is 29.8 Å². The zero-order valence-corrected chi connectivity index (χ0v) is 17.0. The average molecular weight is 409 g/mol. The van der Waals surface area contributed by atoms with E-state index in [0.29, 0.717) is 29.4 Å².